The molecule has 1 heterocycles. The standard InChI is InChI=1S/C6H2BrF3N2O2/c7-4-3(5(9)10)2(8)1-11-6(4)12(13)14/h1,5H. The molecule has 0 saturated carbocycles. The van der Waals surface area contributed by atoms with E-state index in [2.05, 4.69) is 20.9 Å². The molecule has 0 aromatic carbocycles. The Morgan fingerprint density at radius 2 is 2.14 bits per heavy atom. The number of nitro groups is 1. The Kier molecular flexibility index (Phi) is 3.04. The fourth-order valence-corrected chi connectivity index (χ4v) is 1.41. The Labute approximate surface area is 84.0 Å². The van der Waals surface area contributed by atoms with Gasteiger partial charge >= 0.3 is 5.82 Å². The second-order valence-electron chi connectivity index (χ2n) is 2.22. The van der Waals surface area contributed by atoms with Crippen LogP contribution in [0.5, 0.6) is 0 Å². The van der Waals surface area contributed by atoms with E-state index >= 15 is 0 Å². The minimum Gasteiger partial charge on any atom is -0.358 e. The van der Waals surface area contributed by atoms with Gasteiger partial charge in [-0.25, -0.2) is 13.2 Å². The first-order valence-electron chi connectivity index (χ1n) is 3.21. The van der Waals surface area contributed by atoms with Crippen LogP contribution >= 0.6 is 15.9 Å². The smallest absolute Gasteiger partial charge is 0.358 e. The maximum atomic E-state index is 12.7. The Morgan fingerprint density at radius 3 is 2.57 bits per heavy atom. The minimum atomic E-state index is -3.13. The van der Waals surface area contributed by atoms with Crippen LogP contribution in [0.2, 0.25) is 0 Å². The largest absolute Gasteiger partial charge is 0.378 e. The van der Waals surface area contributed by atoms with Gasteiger partial charge in [0.1, 0.15) is 4.47 Å². The maximum absolute atomic E-state index is 12.7. The quantitative estimate of drug-likeness (QED) is 0.613. The highest BCUT2D eigenvalue weighted by Gasteiger charge is 2.26. The van der Waals surface area contributed by atoms with E-state index in [1.54, 1.807) is 0 Å². The molecule has 0 atom stereocenters. The Balaban J connectivity index is 3.41. The van der Waals surface area contributed by atoms with Crippen LogP contribution in [0.15, 0.2) is 10.7 Å². The first-order valence-corrected chi connectivity index (χ1v) is 4.01. The van der Waals surface area contributed by atoms with Gasteiger partial charge in [0.15, 0.2) is 12.0 Å². The number of halogens is 4. The second-order valence-corrected chi connectivity index (χ2v) is 3.01. The van der Waals surface area contributed by atoms with Crippen LogP contribution in [0.1, 0.15) is 12.0 Å². The first-order chi connectivity index (χ1) is 6.45. The molecule has 0 bridgehead atoms. The molecular formula is C6H2BrF3N2O2. The molecule has 0 aliphatic rings. The van der Waals surface area contributed by atoms with E-state index in [4.69, 9.17) is 0 Å². The zero-order valence-electron chi connectivity index (χ0n) is 6.38. The highest BCUT2D eigenvalue weighted by Crippen LogP contribution is 2.34. The summed E-state index contributed by atoms with van der Waals surface area (Å²) in [5, 5.41) is 10.3. The van der Waals surface area contributed by atoms with Crippen molar-refractivity contribution in [1.29, 1.82) is 0 Å². The van der Waals surface area contributed by atoms with Gasteiger partial charge < -0.3 is 10.1 Å². The molecule has 0 amide bonds. The zero-order chi connectivity index (χ0) is 10.9. The summed E-state index contributed by atoms with van der Waals surface area (Å²) in [7, 11) is 0. The van der Waals surface area contributed by atoms with Gasteiger partial charge in [0.2, 0.25) is 0 Å². The lowest BCUT2D eigenvalue weighted by atomic mass is 10.2. The van der Waals surface area contributed by atoms with Gasteiger partial charge in [0.05, 0.1) is 5.56 Å². The topological polar surface area (TPSA) is 56.0 Å². The third kappa shape index (κ3) is 1.84. The molecule has 14 heavy (non-hydrogen) atoms. The monoisotopic (exact) mass is 270 g/mol. The van der Waals surface area contributed by atoms with Crippen molar-refractivity contribution in [1.82, 2.24) is 4.98 Å². The molecule has 0 spiro atoms. The first kappa shape index (κ1) is 10.9. The average Bonchev–Trinajstić information content (AvgIpc) is 2.02. The van der Waals surface area contributed by atoms with E-state index in [0.29, 0.717) is 6.20 Å². The van der Waals surface area contributed by atoms with Crippen molar-refractivity contribution in [3.63, 3.8) is 0 Å². The summed E-state index contributed by atoms with van der Waals surface area (Å²) in [6.07, 6.45) is -2.74. The van der Waals surface area contributed by atoms with Crippen LogP contribution in [-0.4, -0.2) is 9.91 Å². The van der Waals surface area contributed by atoms with Crippen molar-refractivity contribution in [2.24, 2.45) is 0 Å². The Bertz CT molecular complexity index is 386. The Morgan fingerprint density at radius 1 is 1.57 bits per heavy atom. The lowest BCUT2D eigenvalue weighted by molar-refractivity contribution is -0.390. The summed E-state index contributed by atoms with van der Waals surface area (Å²) < 4.78 is 36.5. The molecular weight excluding hydrogens is 269 g/mol. The van der Waals surface area contributed by atoms with E-state index < -0.39 is 33.0 Å². The van der Waals surface area contributed by atoms with E-state index in [9.17, 15) is 23.3 Å². The molecule has 0 radical (unpaired) electrons. The summed E-state index contributed by atoms with van der Waals surface area (Å²) in [6, 6.07) is 0. The van der Waals surface area contributed by atoms with Gasteiger partial charge in [-0.2, -0.15) is 0 Å². The van der Waals surface area contributed by atoms with Crippen molar-refractivity contribution in [3.05, 3.63) is 32.2 Å². The van der Waals surface area contributed by atoms with E-state index in [1.807, 2.05) is 0 Å². The molecule has 0 saturated heterocycles. The molecule has 8 heteroatoms. The van der Waals surface area contributed by atoms with Crippen LogP contribution in [0.25, 0.3) is 0 Å². The predicted octanol–water partition coefficient (Wildman–Crippen LogP) is 2.83. The van der Waals surface area contributed by atoms with Crippen LogP contribution < -0.4 is 0 Å². The van der Waals surface area contributed by atoms with E-state index in [1.165, 1.54) is 0 Å². The second kappa shape index (κ2) is 3.91. The lowest BCUT2D eigenvalue weighted by Crippen LogP contribution is -2.00. The lowest BCUT2D eigenvalue weighted by Gasteiger charge is -2.03. The Hall–Kier alpha value is -1.18. The number of hydrogen-bond acceptors (Lipinski definition) is 3. The SMILES string of the molecule is O=[N+]([O-])c1ncc(F)c(C(F)F)c1Br. The van der Waals surface area contributed by atoms with Gasteiger partial charge in [-0.05, 0) is 25.8 Å². The van der Waals surface area contributed by atoms with Crippen molar-refractivity contribution >= 4 is 21.7 Å². The fourth-order valence-electron chi connectivity index (χ4n) is 0.797. The number of hydrogen-bond donors (Lipinski definition) is 0. The van der Waals surface area contributed by atoms with Crippen molar-refractivity contribution in [2.75, 3.05) is 0 Å². The van der Waals surface area contributed by atoms with Crippen molar-refractivity contribution in [2.45, 2.75) is 6.43 Å². The number of aromatic nitrogens is 1. The van der Waals surface area contributed by atoms with Crippen LogP contribution in [-0.2, 0) is 0 Å². The van der Waals surface area contributed by atoms with Crippen molar-refractivity contribution in [3.8, 4) is 0 Å². The van der Waals surface area contributed by atoms with E-state index in [-0.39, 0.29) is 0 Å². The number of alkyl halides is 2. The summed E-state index contributed by atoms with van der Waals surface area (Å²) >= 11 is 2.51. The molecule has 0 aliphatic heterocycles. The van der Waals surface area contributed by atoms with Crippen LogP contribution in [0, 0.1) is 15.9 Å². The molecule has 4 nitrogen and oxygen atoms in total. The summed E-state index contributed by atoms with van der Waals surface area (Å²) in [5.41, 5.74) is -1.05. The van der Waals surface area contributed by atoms with Gasteiger partial charge in [-0.3, -0.25) is 0 Å². The number of pyridine rings is 1. The molecule has 0 N–H and O–H groups in total. The highest BCUT2D eigenvalue weighted by atomic mass is 79.9. The number of rotatable bonds is 2. The summed E-state index contributed by atoms with van der Waals surface area (Å²) in [5.74, 6) is -2.11. The normalized spacial score (nSPS) is 10.6. The molecule has 1 rings (SSSR count). The van der Waals surface area contributed by atoms with Gasteiger partial charge in [0.25, 0.3) is 6.43 Å². The molecule has 1 aromatic heterocycles. The maximum Gasteiger partial charge on any atom is 0.378 e. The van der Waals surface area contributed by atoms with Gasteiger partial charge in [-0.1, -0.05) is 0 Å². The summed E-state index contributed by atoms with van der Waals surface area (Å²) in [6.45, 7) is 0. The van der Waals surface area contributed by atoms with Crippen LogP contribution in [0.3, 0.4) is 0 Å². The predicted molar refractivity (Wildman–Crippen MR) is 43.5 cm³/mol. The highest BCUT2D eigenvalue weighted by molar-refractivity contribution is 9.10. The van der Waals surface area contributed by atoms with Crippen molar-refractivity contribution < 1.29 is 18.1 Å². The molecule has 0 fully saturated rings. The number of nitrogens with zero attached hydrogens (tertiary/aromatic N) is 2. The van der Waals surface area contributed by atoms with Gasteiger partial charge in [0, 0.05) is 0 Å². The van der Waals surface area contributed by atoms with Crippen LogP contribution in [0.4, 0.5) is 19.0 Å². The zero-order valence-corrected chi connectivity index (χ0v) is 7.96. The third-order valence-corrected chi connectivity index (χ3v) is 2.16. The molecule has 0 aliphatic carbocycles. The fraction of sp³-hybridized carbons (Fsp3) is 0.167. The third-order valence-electron chi connectivity index (χ3n) is 1.38. The minimum absolute atomic E-state index is 0.393. The molecule has 0 unspecified atom stereocenters. The summed E-state index contributed by atoms with van der Waals surface area (Å²) in [4.78, 5) is 12.3. The molecule has 76 valence electrons. The average molecular weight is 271 g/mol. The molecule has 1 aromatic rings. The van der Waals surface area contributed by atoms with Gasteiger partial charge in [-0.15, -0.1) is 0 Å². The van der Waals surface area contributed by atoms with E-state index in [0.717, 1.165) is 0 Å².